The zero-order chi connectivity index (χ0) is 13.8. The van der Waals surface area contributed by atoms with Crippen LogP contribution in [-0.2, 0) is 13.6 Å². The first-order valence-corrected chi connectivity index (χ1v) is 5.81. The maximum absolute atomic E-state index is 11.1. The van der Waals surface area contributed by atoms with Crippen LogP contribution < -0.4 is 15.8 Å². The van der Waals surface area contributed by atoms with Crippen molar-refractivity contribution in [1.82, 2.24) is 9.78 Å². The lowest BCUT2D eigenvalue weighted by molar-refractivity contribution is 0.0991. The van der Waals surface area contributed by atoms with Crippen molar-refractivity contribution < 1.29 is 9.53 Å². The number of nitrogens with one attached hydrogen (secondary N) is 1. The molecule has 1 amide bonds. The Balaban J connectivity index is 2.06. The van der Waals surface area contributed by atoms with Gasteiger partial charge >= 0.3 is 0 Å². The van der Waals surface area contributed by atoms with Crippen LogP contribution in [0.4, 0.5) is 5.82 Å². The van der Waals surface area contributed by atoms with Crippen LogP contribution in [0.25, 0.3) is 0 Å². The molecular formula is C13H16N4O2. The number of anilines is 1. The minimum absolute atomic E-state index is 0.369. The second kappa shape index (κ2) is 5.43. The van der Waals surface area contributed by atoms with Crippen LogP contribution in [0.15, 0.2) is 30.3 Å². The number of aryl methyl sites for hydroxylation is 1. The molecule has 0 saturated heterocycles. The fraction of sp³-hybridized carbons (Fsp3) is 0.231. The van der Waals surface area contributed by atoms with Gasteiger partial charge in [0, 0.05) is 19.7 Å². The lowest BCUT2D eigenvalue weighted by Gasteiger charge is -2.05. The standard InChI is InChI=1S/C13H16N4O2/c1-17-11(13(14)18)7-12(16-17)15-8-9-4-3-5-10(6-9)19-2/h3-7H,8H2,1-2H3,(H2,14,18)(H,15,16). The minimum Gasteiger partial charge on any atom is -0.497 e. The minimum atomic E-state index is -0.496. The number of nitrogens with two attached hydrogens (primary N) is 1. The SMILES string of the molecule is COc1cccc(CNc2cc(C(N)=O)n(C)n2)c1. The fourth-order valence-electron chi connectivity index (χ4n) is 1.76. The molecule has 0 saturated carbocycles. The Hall–Kier alpha value is -2.50. The third-order valence-electron chi connectivity index (χ3n) is 2.74. The molecule has 0 unspecified atom stereocenters. The number of methoxy groups -OCH3 is 1. The van der Waals surface area contributed by atoms with E-state index in [1.165, 1.54) is 4.68 Å². The van der Waals surface area contributed by atoms with Crippen molar-refractivity contribution in [3.05, 3.63) is 41.6 Å². The van der Waals surface area contributed by atoms with Gasteiger partial charge in [-0.05, 0) is 17.7 Å². The number of rotatable bonds is 5. The molecule has 6 heteroatoms. The number of aromatic nitrogens is 2. The number of amides is 1. The molecule has 0 aliphatic carbocycles. The number of hydrogen-bond acceptors (Lipinski definition) is 4. The molecule has 1 heterocycles. The molecule has 0 aliphatic heterocycles. The summed E-state index contributed by atoms with van der Waals surface area (Å²) in [6.45, 7) is 0.590. The molecule has 0 aliphatic rings. The molecule has 0 fully saturated rings. The molecule has 100 valence electrons. The first-order valence-electron chi connectivity index (χ1n) is 5.81. The monoisotopic (exact) mass is 260 g/mol. The van der Waals surface area contributed by atoms with Crippen LogP contribution >= 0.6 is 0 Å². The van der Waals surface area contributed by atoms with Gasteiger partial charge in [0.25, 0.3) is 5.91 Å². The average molecular weight is 260 g/mol. The fourth-order valence-corrected chi connectivity index (χ4v) is 1.76. The Labute approximate surface area is 111 Å². The lowest BCUT2D eigenvalue weighted by Crippen LogP contribution is -2.15. The van der Waals surface area contributed by atoms with E-state index < -0.39 is 5.91 Å². The van der Waals surface area contributed by atoms with E-state index in [9.17, 15) is 4.79 Å². The third-order valence-corrected chi connectivity index (χ3v) is 2.74. The molecule has 0 bridgehead atoms. The van der Waals surface area contributed by atoms with Crippen LogP contribution in [0.2, 0.25) is 0 Å². The van der Waals surface area contributed by atoms with Crippen molar-refractivity contribution in [2.75, 3.05) is 12.4 Å². The first-order chi connectivity index (χ1) is 9.10. The van der Waals surface area contributed by atoms with Crippen molar-refractivity contribution in [2.24, 2.45) is 12.8 Å². The Morgan fingerprint density at radius 2 is 2.26 bits per heavy atom. The molecule has 19 heavy (non-hydrogen) atoms. The van der Waals surface area contributed by atoms with Gasteiger partial charge in [-0.1, -0.05) is 12.1 Å². The predicted molar refractivity (Wildman–Crippen MR) is 72.0 cm³/mol. The molecule has 3 N–H and O–H groups in total. The van der Waals surface area contributed by atoms with Crippen LogP contribution in [0.3, 0.4) is 0 Å². The number of carbonyl (C=O) groups is 1. The maximum Gasteiger partial charge on any atom is 0.267 e. The van der Waals surface area contributed by atoms with Crippen molar-refractivity contribution in [3.8, 4) is 5.75 Å². The topological polar surface area (TPSA) is 82.2 Å². The molecule has 1 aromatic carbocycles. The van der Waals surface area contributed by atoms with E-state index >= 15 is 0 Å². The van der Waals surface area contributed by atoms with Gasteiger partial charge in [0.1, 0.15) is 17.3 Å². The summed E-state index contributed by atoms with van der Waals surface area (Å²) in [5.74, 6) is 0.918. The van der Waals surface area contributed by atoms with Gasteiger partial charge in [0.05, 0.1) is 7.11 Å². The summed E-state index contributed by atoms with van der Waals surface area (Å²) in [5, 5.41) is 7.30. The molecule has 6 nitrogen and oxygen atoms in total. The van der Waals surface area contributed by atoms with Crippen LogP contribution in [-0.4, -0.2) is 22.8 Å². The number of carbonyl (C=O) groups excluding carboxylic acids is 1. The van der Waals surface area contributed by atoms with Crippen molar-refractivity contribution in [1.29, 1.82) is 0 Å². The third kappa shape index (κ3) is 3.04. The zero-order valence-electron chi connectivity index (χ0n) is 10.9. The Bertz CT molecular complexity index is 592. The van der Waals surface area contributed by atoms with Gasteiger partial charge in [-0.15, -0.1) is 0 Å². The Kier molecular flexibility index (Phi) is 3.70. The molecule has 0 radical (unpaired) electrons. The van der Waals surface area contributed by atoms with E-state index in [1.54, 1.807) is 20.2 Å². The number of primary amides is 1. The van der Waals surface area contributed by atoms with Gasteiger partial charge in [-0.2, -0.15) is 5.10 Å². The summed E-state index contributed by atoms with van der Waals surface area (Å²) in [7, 11) is 3.31. The lowest BCUT2D eigenvalue weighted by atomic mass is 10.2. The Morgan fingerprint density at radius 1 is 1.47 bits per heavy atom. The highest BCUT2D eigenvalue weighted by molar-refractivity contribution is 5.91. The van der Waals surface area contributed by atoms with Crippen LogP contribution in [0, 0.1) is 0 Å². The number of hydrogen-bond donors (Lipinski definition) is 2. The molecular weight excluding hydrogens is 244 g/mol. The maximum atomic E-state index is 11.1. The highest BCUT2D eigenvalue weighted by Crippen LogP contribution is 2.14. The summed E-state index contributed by atoms with van der Waals surface area (Å²) < 4.78 is 6.61. The van der Waals surface area contributed by atoms with Crippen molar-refractivity contribution in [2.45, 2.75) is 6.54 Å². The van der Waals surface area contributed by atoms with E-state index in [4.69, 9.17) is 10.5 Å². The highest BCUT2D eigenvalue weighted by Gasteiger charge is 2.09. The normalized spacial score (nSPS) is 10.2. The van der Waals surface area contributed by atoms with Crippen molar-refractivity contribution >= 4 is 11.7 Å². The second-order valence-corrected chi connectivity index (χ2v) is 4.11. The van der Waals surface area contributed by atoms with Crippen molar-refractivity contribution in [3.63, 3.8) is 0 Å². The summed E-state index contributed by atoms with van der Waals surface area (Å²) in [4.78, 5) is 11.1. The van der Waals surface area contributed by atoms with Gasteiger partial charge in [-0.3, -0.25) is 9.48 Å². The predicted octanol–water partition coefficient (Wildman–Crippen LogP) is 1.14. The molecule has 0 spiro atoms. The van der Waals surface area contributed by atoms with Gasteiger partial charge in [0.15, 0.2) is 0 Å². The highest BCUT2D eigenvalue weighted by atomic mass is 16.5. The van der Waals surface area contributed by atoms with Crippen LogP contribution in [0.1, 0.15) is 16.1 Å². The van der Waals surface area contributed by atoms with E-state index in [0.29, 0.717) is 18.1 Å². The average Bonchev–Trinajstić information content (AvgIpc) is 2.78. The van der Waals surface area contributed by atoms with Gasteiger partial charge in [-0.25, -0.2) is 0 Å². The second-order valence-electron chi connectivity index (χ2n) is 4.11. The van der Waals surface area contributed by atoms with E-state index in [1.807, 2.05) is 24.3 Å². The smallest absolute Gasteiger partial charge is 0.267 e. The molecule has 2 aromatic rings. The molecule has 1 aromatic heterocycles. The number of nitrogens with zero attached hydrogens (tertiary/aromatic N) is 2. The first kappa shape index (κ1) is 12.9. The van der Waals surface area contributed by atoms with E-state index in [0.717, 1.165) is 11.3 Å². The largest absolute Gasteiger partial charge is 0.497 e. The molecule has 2 rings (SSSR count). The van der Waals surface area contributed by atoms with E-state index in [2.05, 4.69) is 10.4 Å². The summed E-state index contributed by atoms with van der Waals surface area (Å²) in [5.41, 5.74) is 6.66. The van der Waals surface area contributed by atoms with Gasteiger partial charge in [0.2, 0.25) is 0 Å². The Morgan fingerprint density at radius 3 is 2.89 bits per heavy atom. The zero-order valence-corrected chi connectivity index (χ0v) is 10.9. The van der Waals surface area contributed by atoms with Gasteiger partial charge < -0.3 is 15.8 Å². The number of benzene rings is 1. The number of ether oxygens (including phenoxy) is 1. The van der Waals surface area contributed by atoms with Crippen LogP contribution in [0.5, 0.6) is 5.75 Å². The summed E-state index contributed by atoms with van der Waals surface area (Å²) in [6.07, 6.45) is 0. The van der Waals surface area contributed by atoms with E-state index in [-0.39, 0.29) is 0 Å². The summed E-state index contributed by atoms with van der Waals surface area (Å²) in [6, 6.07) is 9.35. The molecule has 0 atom stereocenters. The summed E-state index contributed by atoms with van der Waals surface area (Å²) >= 11 is 0. The quantitative estimate of drug-likeness (QED) is 0.844.